The molecule has 0 unspecified atom stereocenters. The number of nitrogen functional groups attached to an aromatic ring is 1. The van der Waals surface area contributed by atoms with Crippen LogP contribution in [-0.4, -0.2) is 0 Å². The van der Waals surface area contributed by atoms with Crippen LogP contribution in [0.4, 0.5) is 5.69 Å². The van der Waals surface area contributed by atoms with E-state index in [-0.39, 0.29) is 0 Å². The van der Waals surface area contributed by atoms with Gasteiger partial charge in [-0.2, -0.15) is 0 Å². The lowest BCUT2D eigenvalue weighted by molar-refractivity contribution is 0.554. The molecule has 0 radical (unpaired) electrons. The van der Waals surface area contributed by atoms with Crippen LogP contribution in [0.15, 0.2) is 12.1 Å². The molecule has 0 spiro atoms. The SMILES string of the molecule is CC(C)c1cc(C(C)C)c(N)c(C(C)(C)N)c1. The van der Waals surface area contributed by atoms with E-state index >= 15 is 0 Å². The van der Waals surface area contributed by atoms with Crippen LogP contribution in [0.1, 0.15) is 70.1 Å². The molecule has 96 valence electrons. The molecular formula is C15H26N2. The summed E-state index contributed by atoms with van der Waals surface area (Å²) in [6.07, 6.45) is 0. The molecule has 2 nitrogen and oxygen atoms in total. The maximum Gasteiger partial charge on any atom is 0.0400 e. The van der Waals surface area contributed by atoms with Gasteiger partial charge in [0, 0.05) is 11.2 Å². The van der Waals surface area contributed by atoms with E-state index in [2.05, 4.69) is 39.8 Å². The van der Waals surface area contributed by atoms with Crippen molar-refractivity contribution in [1.82, 2.24) is 0 Å². The average molecular weight is 234 g/mol. The molecule has 0 heterocycles. The zero-order valence-electron chi connectivity index (χ0n) is 12.0. The van der Waals surface area contributed by atoms with Crippen molar-refractivity contribution in [2.75, 3.05) is 5.73 Å². The second-order valence-electron chi connectivity index (χ2n) is 6.10. The summed E-state index contributed by atoms with van der Waals surface area (Å²) in [5.41, 5.74) is 16.5. The zero-order valence-corrected chi connectivity index (χ0v) is 12.0. The maximum absolute atomic E-state index is 6.26. The third kappa shape index (κ3) is 3.01. The van der Waals surface area contributed by atoms with E-state index in [9.17, 15) is 0 Å². The van der Waals surface area contributed by atoms with Crippen LogP contribution in [0.3, 0.4) is 0 Å². The largest absolute Gasteiger partial charge is 0.398 e. The summed E-state index contributed by atoms with van der Waals surface area (Å²) in [7, 11) is 0. The molecule has 1 rings (SSSR count). The summed E-state index contributed by atoms with van der Waals surface area (Å²) < 4.78 is 0. The topological polar surface area (TPSA) is 52.0 Å². The zero-order chi connectivity index (χ0) is 13.4. The molecule has 0 bridgehead atoms. The van der Waals surface area contributed by atoms with Gasteiger partial charge in [-0.1, -0.05) is 39.8 Å². The first-order valence-electron chi connectivity index (χ1n) is 6.37. The molecule has 4 N–H and O–H groups in total. The highest BCUT2D eigenvalue weighted by Crippen LogP contribution is 2.34. The predicted molar refractivity (Wildman–Crippen MR) is 76.2 cm³/mol. The van der Waals surface area contributed by atoms with E-state index in [0.717, 1.165) is 11.3 Å². The fraction of sp³-hybridized carbons (Fsp3) is 0.600. The normalized spacial score (nSPS) is 12.5. The summed E-state index contributed by atoms with van der Waals surface area (Å²) in [6, 6.07) is 4.38. The molecule has 0 saturated carbocycles. The van der Waals surface area contributed by atoms with Crippen molar-refractivity contribution in [1.29, 1.82) is 0 Å². The van der Waals surface area contributed by atoms with Crippen molar-refractivity contribution in [3.05, 3.63) is 28.8 Å². The fourth-order valence-corrected chi connectivity index (χ4v) is 2.04. The lowest BCUT2D eigenvalue weighted by atomic mass is 9.85. The van der Waals surface area contributed by atoms with Gasteiger partial charge in [0.25, 0.3) is 0 Å². The Morgan fingerprint density at radius 1 is 1.00 bits per heavy atom. The van der Waals surface area contributed by atoms with Gasteiger partial charge in [0.1, 0.15) is 0 Å². The molecule has 1 aromatic rings. The average Bonchev–Trinajstić information content (AvgIpc) is 2.15. The summed E-state index contributed by atoms with van der Waals surface area (Å²) >= 11 is 0. The van der Waals surface area contributed by atoms with Crippen LogP contribution in [-0.2, 0) is 5.54 Å². The van der Waals surface area contributed by atoms with E-state index in [1.807, 2.05) is 13.8 Å². The van der Waals surface area contributed by atoms with Gasteiger partial charge >= 0.3 is 0 Å². The molecule has 0 aliphatic carbocycles. The van der Waals surface area contributed by atoms with E-state index in [4.69, 9.17) is 11.5 Å². The summed E-state index contributed by atoms with van der Waals surface area (Å²) in [5.74, 6) is 0.920. The maximum atomic E-state index is 6.26. The van der Waals surface area contributed by atoms with Crippen molar-refractivity contribution < 1.29 is 0 Å². The van der Waals surface area contributed by atoms with Crippen molar-refractivity contribution in [2.24, 2.45) is 5.73 Å². The highest BCUT2D eigenvalue weighted by atomic mass is 14.7. The lowest BCUT2D eigenvalue weighted by Gasteiger charge is -2.26. The highest BCUT2D eigenvalue weighted by molar-refractivity contribution is 5.59. The second-order valence-corrected chi connectivity index (χ2v) is 6.10. The number of hydrogen-bond donors (Lipinski definition) is 2. The number of hydrogen-bond acceptors (Lipinski definition) is 2. The van der Waals surface area contributed by atoms with E-state index < -0.39 is 5.54 Å². The predicted octanol–water partition coefficient (Wildman–Crippen LogP) is 3.71. The second kappa shape index (κ2) is 4.69. The van der Waals surface area contributed by atoms with Crippen molar-refractivity contribution in [2.45, 2.75) is 58.9 Å². The Morgan fingerprint density at radius 3 is 1.88 bits per heavy atom. The van der Waals surface area contributed by atoms with Crippen LogP contribution in [0.2, 0.25) is 0 Å². The minimum atomic E-state index is -0.390. The van der Waals surface area contributed by atoms with Gasteiger partial charge in [-0.3, -0.25) is 0 Å². The van der Waals surface area contributed by atoms with Gasteiger partial charge in [-0.25, -0.2) is 0 Å². The molecule has 0 amide bonds. The summed E-state index contributed by atoms with van der Waals surface area (Å²) in [6.45, 7) is 12.7. The standard InChI is InChI=1S/C15H26N2/c1-9(2)11-7-12(10(3)4)14(16)13(8-11)15(5,6)17/h7-10H,16-17H2,1-6H3. The van der Waals surface area contributed by atoms with E-state index in [1.54, 1.807) is 0 Å². The Kier molecular flexibility index (Phi) is 3.88. The van der Waals surface area contributed by atoms with E-state index in [0.29, 0.717) is 11.8 Å². The molecule has 0 aliphatic heterocycles. The molecule has 0 aromatic heterocycles. The molecule has 0 fully saturated rings. The van der Waals surface area contributed by atoms with Gasteiger partial charge in [-0.15, -0.1) is 0 Å². The quantitative estimate of drug-likeness (QED) is 0.783. The highest BCUT2D eigenvalue weighted by Gasteiger charge is 2.21. The molecule has 2 heteroatoms. The number of nitrogens with two attached hydrogens (primary N) is 2. The van der Waals surface area contributed by atoms with E-state index in [1.165, 1.54) is 11.1 Å². The first kappa shape index (κ1) is 14.0. The molecule has 0 aliphatic rings. The van der Waals surface area contributed by atoms with Crippen molar-refractivity contribution in [3.63, 3.8) is 0 Å². The molecule has 0 atom stereocenters. The lowest BCUT2D eigenvalue weighted by Crippen LogP contribution is -2.30. The molecule has 0 saturated heterocycles. The third-order valence-electron chi connectivity index (χ3n) is 3.22. The van der Waals surface area contributed by atoms with Crippen LogP contribution in [0.25, 0.3) is 0 Å². The number of anilines is 1. The Bertz CT molecular complexity index is 398. The first-order valence-corrected chi connectivity index (χ1v) is 6.37. The summed E-state index contributed by atoms with van der Waals surface area (Å²) in [5, 5.41) is 0. The van der Waals surface area contributed by atoms with Crippen LogP contribution >= 0.6 is 0 Å². The molecule has 1 aromatic carbocycles. The third-order valence-corrected chi connectivity index (χ3v) is 3.22. The number of benzene rings is 1. The Hall–Kier alpha value is -1.02. The smallest absolute Gasteiger partial charge is 0.0400 e. The number of rotatable bonds is 3. The molecule has 17 heavy (non-hydrogen) atoms. The Balaban J connectivity index is 3.49. The van der Waals surface area contributed by atoms with Crippen LogP contribution in [0.5, 0.6) is 0 Å². The Labute approximate surface area is 105 Å². The van der Waals surface area contributed by atoms with Gasteiger partial charge in [0.2, 0.25) is 0 Å². The Morgan fingerprint density at radius 2 is 1.53 bits per heavy atom. The minimum Gasteiger partial charge on any atom is -0.398 e. The minimum absolute atomic E-state index is 0.390. The monoisotopic (exact) mass is 234 g/mol. The van der Waals surface area contributed by atoms with Gasteiger partial charge in [0.05, 0.1) is 0 Å². The van der Waals surface area contributed by atoms with Crippen LogP contribution < -0.4 is 11.5 Å². The first-order chi connectivity index (χ1) is 7.64. The summed E-state index contributed by atoms with van der Waals surface area (Å²) in [4.78, 5) is 0. The van der Waals surface area contributed by atoms with Crippen molar-refractivity contribution in [3.8, 4) is 0 Å². The van der Waals surface area contributed by atoms with Crippen LogP contribution in [0, 0.1) is 0 Å². The van der Waals surface area contributed by atoms with Gasteiger partial charge < -0.3 is 11.5 Å². The van der Waals surface area contributed by atoms with Gasteiger partial charge in [0.15, 0.2) is 0 Å². The van der Waals surface area contributed by atoms with Gasteiger partial charge in [-0.05, 0) is 42.4 Å². The fourth-order valence-electron chi connectivity index (χ4n) is 2.04. The molecular weight excluding hydrogens is 208 g/mol. The van der Waals surface area contributed by atoms with Crippen molar-refractivity contribution >= 4 is 5.69 Å².